The molecule has 0 saturated carbocycles. The number of aryl methyl sites for hydroxylation is 2. The molecule has 3 amide bonds. The van der Waals surface area contributed by atoms with Crippen LogP contribution in [0.4, 0.5) is 5.69 Å². The molecule has 0 unspecified atom stereocenters. The quantitative estimate of drug-likeness (QED) is 0.345. The number of nitrogens with zero attached hydrogens (tertiary/aromatic N) is 3. The predicted molar refractivity (Wildman–Crippen MR) is 177 cm³/mol. The third-order valence-electron chi connectivity index (χ3n) is 8.88. The summed E-state index contributed by atoms with van der Waals surface area (Å²) >= 11 is 6.19. The molecule has 1 spiro atoms. The maximum absolute atomic E-state index is 13.5. The van der Waals surface area contributed by atoms with Crippen LogP contribution in [0.3, 0.4) is 0 Å². The Morgan fingerprint density at radius 3 is 2.69 bits per heavy atom. The van der Waals surface area contributed by atoms with Gasteiger partial charge in [-0.15, -0.1) is 0 Å². The molecule has 3 N–H and O–H groups in total. The van der Waals surface area contributed by atoms with Crippen LogP contribution in [0.15, 0.2) is 48.6 Å². The minimum Gasteiger partial charge on any atom is -0.489 e. The summed E-state index contributed by atoms with van der Waals surface area (Å²) in [5.74, 6) is 0.857. The van der Waals surface area contributed by atoms with Crippen LogP contribution in [0.1, 0.15) is 55.7 Å². The number of hydrogen-bond donors (Lipinski definition) is 3. The summed E-state index contributed by atoms with van der Waals surface area (Å²) in [6, 6.07) is 10.0. The first kappa shape index (κ1) is 32.5. The van der Waals surface area contributed by atoms with Crippen LogP contribution < -0.4 is 20.7 Å². The number of ether oxygens (including phenoxy) is 1. The number of aromatic nitrogens is 2. The van der Waals surface area contributed by atoms with Crippen LogP contribution >= 0.6 is 11.6 Å². The van der Waals surface area contributed by atoms with Gasteiger partial charge in [0.25, 0.3) is 5.91 Å². The minimum atomic E-state index is -0.696. The van der Waals surface area contributed by atoms with Crippen molar-refractivity contribution in [3.8, 4) is 5.75 Å². The highest BCUT2D eigenvalue weighted by atomic mass is 35.5. The first-order valence-electron chi connectivity index (χ1n) is 15.6. The number of nitrogens with one attached hydrogen (secondary N) is 3. The lowest BCUT2D eigenvalue weighted by Gasteiger charge is -2.41. The maximum atomic E-state index is 13.5. The molecule has 2 aromatic carbocycles. The van der Waals surface area contributed by atoms with Gasteiger partial charge >= 0.3 is 0 Å². The number of piperidine rings is 1. The largest absolute Gasteiger partial charge is 0.489 e. The Kier molecular flexibility index (Phi) is 10.1. The second kappa shape index (κ2) is 14.0. The average Bonchev–Trinajstić information content (AvgIpc) is 3.28. The van der Waals surface area contributed by atoms with E-state index in [1.54, 1.807) is 18.2 Å². The molecule has 11 heteroatoms. The number of carbonyl (C=O) groups excluding carboxylic acids is 3. The topological polar surface area (TPSA) is 118 Å². The van der Waals surface area contributed by atoms with Crippen LogP contribution in [0.5, 0.6) is 5.75 Å². The molecular formula is C34H43ClN6O4. The van der Waals surface area contributed by atoms with E-state index < -0.39 is 11.9 Å². The molecular weight excluding hydrogens is 592 g/mol. The lowest BCUT2D eigenvalue weighted by Crippen LogP contribution is -2.52. The third kappa shape index (κ3) is 8.04. The third-order valence-corrected chi connectivity index (χ3v) is 9.11. The molecule has 1 atom stereocenters. The van der Waals surface area contributed by atoms with Gasteiger partial charge < -0.3 is 25.3 Å². The number of amides is 3. The van der Waals surface area contributed by atoms with Crippen LogP contribution in [0.2, 0.25) is 5.02 Å². The first-order chi connectivity index (χ1) is 21.5. The fourth-order valence-corrected chi connectivity index (χ4v) is 6.29. The van der Waals surface area contributed by atoms with Crippen molar-refractivity contribution in [3.05, 3.63) is 65.0 Å². The normalized spacial score (nSPS) is 20.2. The van der Waals surface area contributed by atoms with E-state index in [0.29, 0.717) is 35.9 Å². The Hall–Kier alpha value is -3.89. The van der Waals surface area contributed by atoms with Crippen molar-refractivity contribution in [2.45, 2.75) is 52.5 Å². The van der Waals surface area contributed by atoms with E-state index in [2.05, 4.69) is 31.9 Å². The summed E-state index contributed by atoms with van der Waals surface area (Å²) in [5.41, 5.74) is 2.73. The van der Waals surface area contributed by atoms with E-state index in [-0.39, 0.29) is 29.7 Å². The van der Waals surface area contributed by atoms with E-state index in [1.807, 2.05) is 56.7 Å². The molecule has 1 fully saturated rings. The van der Waals surface area contributed by atoms with Gasteiger partial charge in [-0.25, -0.2) is 4.98 Å². The van der Waals surface area contributed by atoms with Gasteiger partial charge in [0.15, 0.2) is 0 Å². The molecule has 3 aromatic rings. The molecule has 5 rings (SSSR count). The van der Waals surface area contributed by atoms with E-state index in [0.717, 1.165) is 54.9 Å². The van der Waals surface area contributed by atoms with Crippen molar-refractivity contribution in [2.24, 2.45) is 18.4 Å². The SMILES string of the molecule is Cc1nc2cc(NC(=O)CN3CCC4(C/C=C/COc5ccc(Cl)cc5C(=O)N[C@@H](CC(C)C)C(=O)NC4)CC3)ccc2n1C. The van der Waals surface area contributed by atoms with Gasteiger partial charge in [-0.05, 0) is 93.4 Å². The summed E-state index contributed by atoms with van der Waals surface area (Å²) in [6.07, 6.45) is 6.93. The second-order valence-electron chi connectivity index (χ2n) is 12.7. The lowest BCUT2D eigenvalue weighted by atomic mass is 9.75. The van der Waals surface area contributed by atoms with Gasteiger partial charge in [0.05, 0.1) is 23.1 Å². The number of halogens is 1. The lowest BCUT2D eigenvalue weighted by molar-refractivity contribution is -0.124. The van der Waals surface area contributed by atoms with Crippen LogP contribution in [-0.2, 0) is 16.6 Å². The van der Waals surface area contributed by atoms with Crippen LogP contribution in [0.25, 0.3) is 11.0 Å². The van der Waals surface area contributed by atoms with E-state index in [4.69, 9.17) is 16.3 Å². The van der Waals surface area contributed by atoms with E-state index in [9.17, 15) is 14.4 Å². The van der Waals surface area contributed by atoms with E-state index >= 15 is 0 Å². The van der Waals surface area contributed by atoms with Crippen molar-refractivity contribution in [1.82, 2.24) is 25.1 Å². The van der Waals surface area contributed by atoms with Crippen molar-refractivity contribution >= 4 is 46.0 Å². The Morgan fingerprint density at radius 1 is 1.16 bits per heavy atom. The Labute approximate surface area is 269 Å². The average molecular weight is 635 g/mol. The molecule has 240 valence electrons. The zero-order valence-electron chi connectivity index (χ0n) is 26.5. The van der Waals surface area contributed by atoms with E-state index in [1.165, 1.54) is 0 Å². The highest BCUT2D eigenvalue weighted by Crippen LogP contribution is 2.35. The number of benzene rings is 2. The van der Waals surface area contributed by atoms with Crippen molar-refractivity contribution in [3.63, 3.8) is 0 Å². The van der Waals surface area contributed by atoms with Crippen molar-refractivity contribution in [1.29, 1.82) is 0 Å². The monoisotopic (exact) mass is 634 g/mol. The first-order valence-corrected chi connectivity index (χ1v) is 16.0. The van der Waals surface area contributed by atoms with Crippen molar-refractivity contribution < 1.29 is 19.1 Å². The fourth-order valence-electron chi connectivity index (χ4n) is 6.12. The molecule has 0 aliphatic carbocycles. The summed E-state index contributed by atoms with van der Waals surface area (Å²) < 4.78 is 7.98. The van der Waals surface area contributed by atoms with Gasteiger partial charge in [-0.3, -0.25) is 19.3 Å². The molecule has 1 aromatic heterocycles. The summed E-state index contributed by atoms with van der Waals surface area (Å²) in [6.45, 7) is 8.53. The number of likely N-dealkylation sites (tertiary alicyclic amines) is 1. The number of carbonyl (C=O) groups is 3. The molecule has 0 radical (unpaired) electrons. The Bertz CT molecular complexity index is 1590. The van der Waals surface area contributed by atoms with Gasteiger partial charge in [-0.2, -0.15) is 0 Å². The van der Waals surface area contributed by atoms with Crippen molar-refractivity contribution in [2.75, 3.05) is 38.1 Å². The van der Waals surface area contributed by atoms with Gasteiger partial charge in [0.1, 0.15) is 24.2 Å². The van der Waals surface area contributed by atoms with Gasteiger partial charge in [-0.1, -0.05) is 37.6 Å². The number of imidazole rings is 1. The number of allylic oxidation sites excluding steroid dienone is 1. The molecule has 1 saturated heterocycles. The second-order valence-corrected chi connectivity index (χ2v) is 13.2. The number of fused-ring (bicyclic) bond motifs is 2. The Morgan fingerprint density at radius 2 is 1.93 bits per heavy atom. The maximum Gasteiger partial charge on any atom is 0.255 e. The summed E-state index contributed by atoms with van der Waals surface area (Å²) in [7, 11) is 1.98. The highest BCUT2D eigenvalue weighted by molar-refractivity contribution is 6.31. The molecule has 0 bridgehead atoms. The minimum absolute atomic E-state index is 0.0665. The van der Waals surface area contributed by atoms with Crippen LogP contribution in [0, 0.1) is 18.3 Å². The predicted octanol–water partition coefficient (Wildman–Crippen LogP) is 4.86. The number of hydrogen-bond acceptors (Lipinski definition) is 6. The van der Waals surface area contributed by atoms with Crippen LogP contribution in [-0.4, -0.2) is 71.0 Å². The summed E-state index contributed by atoms with van der Waals surface area (Å²) in [4.78, 5) is 46.5. The standard InChI is InChI=1S/C34H43ClN6O4/c1-22(2)17-28-33(44)36-21-34(11-5-6-16-45-30-10-7-24(35)18-26(30)32(43)39-28)12-14-41(15-13-34)20-31(42)38-25-8-9-29-27(19-25)37-23(3)40(29)4/h5-10,18-19,22,28H,11-17,20-21H2,1-4H3,(H,36,44)(H,38,42)(H,39,43)/b6-5+/t28-/m0/s1. The molecule has 3 heterocycles. The summed E-state index contributed by atoms with van der Waals surface area (Å²) in [5, 5.41) is 9.53. The number of anilines is 1. The zero-order chi connectivity index (χ0) is 32.1. The highest BCUT2D eigenvalue weighted by Gasteiger charge is 2.35. The van der Waals surface area contributed by atoms with Gasteiger partial charge in [0.2, 0.25) is 11.8 Å². The molecule has 45 heavy (non-hydrogen) atoms. The van der Waals surface area contributed by atoms with Gasteiger partial charge in [0, 0.05) is 24.3 Å². The fraction of sp³-hybridized carbons (Fsp3) is 0.471. The Balaban J connectivity index is 1.24. The molecule has 10 nitrogen and oxygen atoms in total. The molecule has 2 aliphatic heterocycles. The molecule has 2 aliphatic rings. The smallest absolute Gasteiger partial charge is 0.255 e. The number of rotatable bonds is 5. The zero-order valence-corrected chi connectivity index (χ0v) is 27.2.